The number of esters is 6. The molecule has 0 aromatic heterocycles. The average molecular weight is 647 g/mol. The van der Waals surface area contributed by atoms with Crippen LogP contribution in [0.5, 0.6) is 0 Å². The molecule has 13 nitrogen and oxygen atoms in total. The van der Waals surface area contributed by atoms with E-state index in [1.54, 1.807) is 0 Å². The number of rotatable bonds is 23. The van der Waals surface area contributed by atoms with Gasteiger partial charge in [-0.25, -0.2) is 14.4 Å². The number of ether oxygens (including phenoxy) is 6. The van der Waals surface area contributed by atoms with Crippen LogP contribution in [-0.4, -0.2) is 85.7 Å². The molecule has 0 saturated carbocycles. The van der Waals surface area contributed by atoms with E-state index in [4.69, 9.17) is 28.4 Å². The Bertz CT molecular complexity index is 926. The summed E-state index contributed by atoms with van der Waals surface area (Å²) in [6.45, 7) is 15.7. The smallest absolute Gasteiger partial charge is 0.348 e. The van der Waals surface area contributed by atoms with Crippen LogP contribution < -0.4 is 0 Å². The molecule has 0 aromatic carbocycles. The van der Waals surface area contributed by atoms with E-state index in [2.05, 4.69) is 0 Å². The lowest BCUT2D eigenvalue weighted by Gasteiger charge is -2.20. The fourth-order valence-corrected chi connectivity index (χ4v) is 3.23. The minimum absolute atomic E-state index is 0.0103. The Labute approximate surface area is 266 Å². The van der Waals surface area contributed by atoms with Crippen molar-refractivity contribution in [1.82, 2.24) is 0 Å². The molecule has 0 heterocycles. The van der Waals surface area contributed by atoms with Gasteiger partial charge in [0, 0.05) is 0 Å². The summed E-state index contributed by atoms with van der Waals surface area (Å²) in [4.78, 5) is 75.0. The molecule has 0 amide bonds. The number of carbonyl (C=O) groups is 6. The van der Waals surface area contributed by atoms with Crippen LogP contribution in [0.3, 0.4) is 0 Å². The molecule has 0 aromatic rings. The first-order valence-corrected chi connectivity index (χ1v) is 15.7. The summed E-state index contributed by atoms with van der Waals surface area (Å²) in [5.74, 6) is -5.27. The van der Waals surface area contributed by atoms with Crippen LogP contribution in [0.4, 0.5) is 0 Å². The minimum Gasteiger partial charge on any atom is -0.466 e. The van der Waals surface area contributed by atoms with Crippen molar-refractivity contribution in [1.29, 1.82) is 0 Å². The van der Waals surface area contributed by atoms with Crippen molar-refractivity contribution in [3.05, 3.63) is 0 Å². The summed E-state index contributed by atoms with van der Waals surface area (Å²) >= 11 is 0. The van der Waals surface area contributed by atoms with E-state index >= 15 is 0 Å². The normalized spacial score (nSPS) is 13.3. The van der Waals surface area contributed by atoms with Gasteiger partial charge in [-0.1, -0.05) is 55.4 Å². The van der Waals surface area contributed by atoms with E-state index in [-0.39, 0.29) is 50.1 Å². The Balaban J connectivity index is 5.39. The third kappa shape index (κ3) is 22.0. The molecule has 0 bridgehead atoms. The van der Waals surface area contributed by atoms with Gasteiger partial charge >= 0.3 is 35.8 Å². The molecule has 0 aliphatic heterocycles. The zero-order valence-corrected chi connectivity index (χ0v) is 28.2. The van der Waals surface area contributed by atoms with Gasteiger partial charge in [-0.05, 0) is 49.4 Å². The second-order valence-electron chi connectivity index (χ2n) is 12.5. The number of hydrogen-bond donors (Lipinski definition) is 1. The maximum Gasteiger partial charge on any atom is 0.348 e. The highest BCUT2D eigenvalue weighted by atomic mass is 16.6. The molecule has 45 heavy (non-hydrogen) atoms. The maximum absolute atomic E-state index is 12.6. The molecule has 1 N–H and O–H groups in total. The van der Waals surface area contributed by atoms with Crippen LogP contribution in [0.25, 0.3) is 0 Å². The number of aliphatic hydroxyl groups excluding tert-OH is 1. The first-order chi connectivity index (χ1) is 21.0. The van der Waals surface area contributed by atoms with Gasteiger partial charge in [-0.3, -0.25) is 14.4 Å². The van der Waals surface area contributed by atoms with Crippen molar-refractivity contribution in [2.75, 3.05) is 26.4 Å². The first kappa shape index (κ1) is 41.8. The molecule has 3 atom stereocenters. The number of aliphatic hydroxyl groups is 1. The third-order valence-corrected chi connectivity index (χ3v) is 6.19. The molecule has 0 aliphatic rings. The molecule has 13 heteroatoms. The summed E-state index contributed by atoms with van der Waals surface area (Å²) in [6.07, 6.45) is -5.59. The summed E-state index contributed by atoms with van der Waals surface area (Å²) in [6, 6.07) is 0. The van der Waals surface area contributed by atoms with E-state index in [1.807, 2.05) is 55.4 Å². The van der Waals surface area contributed by atoms with Crippen LogP contribution in [0.1, 0.15) is 100 Å². The second-order valence-corrected chi connectivity index (χ2v) is 12.5. The van der Waals surface area contributed by atoms with Crippen molar-refractivity contribution >= 4 is 35.8 Å². The molecule has 0 fully saturated rings. The third-order valence-electron chi connectivity index (χ3n) is 6.19. The van der Waals surface area contributed by atoms with Crippen LogP contribution in [0.15, 0.2) is 0 Å². The Morgan fingerprint density at radius 1 is 0.444 bits per heavy atom. The Morgan fingerprint density at radius 2 is 0.778 bits per heavy atom. The standard InChI is InChI=1S/C32H54O13/c1-20(2)9-13-40-27(34)18-25(31(38)42-15-11-22(5)6)44-29(36)17-24(33)30(37)45-26(32(39)43-16-12-23(7)8)19-28(35)41-14-10-21(3)4/h20-26,33H,9-19H2,1-8H3. The molecule has 260 valence electrons. The lowest BCUT2D eigenvalue weighted by Crippen LogP contribution is -2.38. The van der Waals surface area contributed by atoms with Crippen LogP contribution in [-0.2, 0) is 57.2 Å². The van der Waals surface area contributed by atoms with Gasteiger partial charge in [-0.15, -0.1) is 0 Å². The van der Waals surface area contributed by atoms with Gasteiger partial charge in [0.25, 0.3) is 0 Å². The zero-order valence-electron chi connectivity index (χ0n) is 28.2. The largest absolute Gasteiger partial charge is 0.466 e. The van der Waals surface area contributed by atoms with Gasteiger partial charge in [-0.2, -0.15) is 0 Å². The predicted octanol–water partition coefficient (Wildman–Crippen LogP) is 3.70. The van der Waals surface area contributed by atoms with Crippen LogP contribution in [0.2, 0.25) is 0 Å². The van der Waals surface area contributed by atoms with Crippen molar-refractivity contribution < 1.29 is 62.3 Å². The second kappa shape index (κ2) is 23.2. The van der Waals surface area contributed by atoms with Crippen molar-refractivity contribution in [3.63, 3.8) is 0 Å². The lowest BCUT2D eigenvalue weighted by atomic mass is 10.1. The molecular weight excluding hydrogens is 592 g/mol. The highest BCUT2D eigenvalue weighted by Crippen LogP contribution is 2.13. The van der Waals surface area contributed by atoms with Gasteiger partial charge in [0.05, 0.1) is 45.7 Å². The highest BCUT2D eigenvalue weighted by Gasteiger charge is 2.34. The van der Waals surface area contributed by atoms with E-state index < -0.39 is 73.4 Å². The van der Waals surface area contributed by atoms with Gasteiger partial charge in [0.1, 0.15) is 0 Å². The summed E-state index contributed by atoms with van der Waals surface area (Å²) in [5, 5.41) is 10.4. The van der Waals surface area contributed by atoms with Crippen molar-refractivity contribution in [2.24, 2.45) is 23.7 Å². The number of hydrogen-bond acceptors (Lipinski definition) is 13. The predicted molar refractivity (Wildman–Crippen MR) is 161 cm³/mol. The molecule has 0 radical (unpaired) electrons. The number of carbonyl (C=O) groups excluding carboxylic acids is 6. The monoisotopic (exact) mass is 646 g/mol. The Kier molecular flexibility index (Phi) is 21.5. The fraction of sp³-hybridized carbons (Fsp3) is 0.812. The molecule has 0 rings (SSSR count). The topological polar surface area (TPSA) is 178 Å². The highest BCUT2D eigenvalue weighted by molar-refractivity contribution is 5.88. The van der Waals surface area contributed by atoms with Crippen LogP contribution >= 0.6 is 0 Å². The van der Waals surface area contributed by atoms with Crippen molar-refractivity contribution in [3.8, 4) is 0 Å². The van der Waals surface area contributed by atoms with Gasteiger partial charge < -0.3 is 33.5 Å². The van der Waals surface area contributed by atoms with Crippen molar-refractivity contribution in [2.45, 2.75) is 119 Å². The Hall–Kier alpha value is -3.22. The molecule has 0 aliphatic carbocycles. The lowest BCUT2D eigenvalue weighted by molar-refractivity contribution is -0.180. The first-order valence-electron chi connectivity index (χ1n) is 15.7. The van der Waals surface area contributed by atoms with E-state index in [0.29, 0.717) is 25.7 Å². The van der Waals surface area contributed by atoms with E-state index in [0.717, 1.165) is 0 Å². The van der Waals surface area contributed by atoms with Gasteiger partial charge in [0.2, 0.25) is 12.2 Å². The summed E-state index contributed by atoms with van der Waals surface area (Å²) in [5.41, 5.74) is 0. The van der Waals surface area contributed by atoms with Gasteiger partial charge in [0.15, 0.2) is 6.10 Å². The summed E-state index contributed by atoms with van der Waals surface area (Å²) in [7, 11) is 0. The molecule has 0 saturated heterocycles. The molecule has 3 unspecified atom stereocenters. The van der Waals surface area contributed by atoms with E-state index in [9.17, 15) is 33.9 Å². The fourth-order valence-electron chi connectivity index (χ4n) is 3.23. The van der Waals surface area contributed by atoms with E-state index in [1.165, 1.54) is 0 Å². The molecular formula is C32H54O13. The maximum atomic E-state index is 12.6. The zero-order chi connectivity index (χ0) is 34.5. The quantitative estimate of drug-likeness (QED) is 0.126. The average Bonchev–Trinajstić information content (AvgIpc) is 2.91. The summed E-state index contributed by atoms with van der Waals surface area (Å²) < 4.78 is 30.6. The SMILES string of the molecule is CC(C)CCOC(=O)CC(OC(=O)CC(O)C(=O)OC(CC(=O)OCCC(C)C)C(=O)OCCC(C)C)C(=O)OCCC(C)C. The minimum atomic E-state index is -2.13. The molecule has 0 spiro atoms. The Morgan fingerprint density at radius 3 is 1.13 bits per heavy atom. The van der Waals surface area contributed by atoms with Crippen LogP contribution in [0, 0.1) is 23.7 Å².